The van der Waals surface area contributed by atoms with E-state index in [9.17, 15) is 4.79 Å². The second kappa shape index (κ2) is 8.79. The lowest BCUT2D eigenvalue weighted by Crippen LogP contribution is -2.31. The minimum atomic E-state index is -0.117. The lowest BCUT2D eigenvalue weighted by Gasteiger charge is -2.13. The van der Waals surface area contributed by atoms with E-state index in [1.807, 2.05) is 43.3 Å². The maximum atomic E-state index is 12.5. The summed E-state index contributed by atoms with van der Waals surface area (Å²) in [6.45, 7) is 3.28. The normalized spacial score (nSPS) is 15.8. The molecule has 7 nitrogen and oxygen atoms in total. The smallest absolute Gasteiger partial charge is 0.251 e. The first-order valence-corrected chi connectivity index (χ1v) is 9.70. The van der Waals surface area contributed by atoms with Gasteiger partial charge < -0.3 is 15.4 Å². The van der Waals surface area contributed by atoms with E-state index in [0.29, 0.717) is 18.1 Å². The van der Waals surface area contributed by atoms with Crippen molar-refractivity contribution in [2.45, 2.75) is 25.9 Å². The van der Waals surface area contributed by atoms with E-state index in [-0.39, 0.29) is 12.0 Å². The molecule has 0 radical (unpaired) electrons. The third-order valence-electron chi connectivity index (χ3n) is 4.87. The molecule has 29 heavy (non-hydrogen) atoms. The van der Waals surface area contributed by atoms with Crippen molar-refractivity contribution in [3.63, 3.8) is 0 Å². The topological polar surface area (TPSA) is 89.0 Å². The van der Waals surface area contributed by atoms with Crippen LogP contribution in [-0.2, 0) is 4.74 Å². The van der Waals surface area contributed by atoms with Gasteiger partial charge in [0.15, 0.2) is 0 Å². The van der Waals surface area contributed by atoms with Gasteiger partial charge in [-0.05, 0) is 55.7 Å². The van der Waals surface area contributed by atoms with Gasteiger partial charge in [0, 0.05) is 48.6 Å². The van der Waals surface area contributed by atoms with E-state index in [2.05, 4.69) is 25.6 Å². The Balaban J connectivity index is 1.48. The Labute approximate surface area is 169 Å². The van der Waals surface area contributed by atoms with Crippen LogP contribution in [0.1, 0.15) is 28.8 Å². The molecular formula is C22H23N5O2. The van der Waals surface area contributed by atoms with Crippen molar-refractivity contribution in [1.82, 2.24) is 20.3 Å². The monoisotopic (exact) mass is 389 g/mol. The fourth-order valence-corrected chi connectivity index (χ4v) is 3.23. The number of ether oxygens (including phenoxy) is 1. The highest BCUT2D eigenvalue weighted by Gasteiger charge is 2.17. The third kappa shape index (κ3) is 4.75. The van der Waals surface area contributed by atoms with E-state index in [4.69, 9.17) is 4.74 Å². The van der Waals surface area contributed by atoms with Gasteiger partial charge in [-0.3, -0.25) is 9.78 Å². The van der Waals surface area contributed by atoms with E-state index >= 15 is 0 Å². The summed E-state index contributed by atoms with van der Waals surface area (Å²) in [5, 5.41) is 6.18. The zero-order valence-corrected chi connectivity index (χ0v) is 16.3. The van der Waals surface area contributed by atoms with Crippen LogP contribution < -0.4 is 10.6 Å². The number of hydrogen-bond acceptors (Lipinski definition) is 6. The summed E-state index contributed by atoms with van der Waals surface area (Å²) in [5.74, 6) is 0.347. The lowest BCUT2D eigenvalue weighted by atomic mass is 10.1. The summed E-state index contributed by atoms with van der Waals surface area (Å²) in [7, 11) is 0. The third-order valence-corrected chi connectivity index (χ3v) is 4.87. The van der Waals surface area contributed by atoms with Crippen LogP contribution in [0.15, 0.2) is 55.0 Å². The zero-order chi connectivity index (χ0) is 20.1. The number of aryl methyl sites for hydroxylation is 1. The predicted molar refractivity (Wildman–Crippen MR) is 111 cm³/mol. The summed E-state index contributed by atoms with van der Waals surface area (Å²) in [6, 6.07) is 11.2. The summed E-state index contributed by atoms with van der Waals surface area (Å²) < 4.78 is 5.56. The van der Waals surface area contributed by atoms with Crippen molar-refractivity contribution in [1.29, 1.82) is 0 Å². The van der Waals surface area contributed by atoms with E-state index in [1.165, 1.54) is 0 Å². The summed E-state index contributed by atoms with van der Waals surface area (Å²) in [5.41, 5.74) is 4.06. The Morgan fingerprint density at radius 1 is 1.24 bits per heavy atom. The molecule has 1 aromatic carbocycles. The molecule has 1 saturated heterocycles. The number of rotatable bonds is 6. The number of nitrogens with one attached hydrogen (secondary N) is 2. The predicted octanol–water partition coefficient (Wildman–Crippen LogP) is 3.50. The second-order valence-electron chi connectivity index (χ2n) is 7.01. The zero-order valence-electron chi connectivity index (χ0n) is 16.3. The summed E-state index contributed by atoms with van der Waals surface area (Å²) >= 11 is 0. The van der Waals surface area contributed by atoms with Crippen LogP contribution in [0, 0.1) is 6.92 Å². The van der Waals surface area contributed by atoms with Crippen LogP contribution in [-0.4, -0.2) is 40.1 Å². The van der Waals surface area contributed by atoms with Crippen LogP contribution in [0.3, 0.4) is 0 Å². The van der Waals surface area contributed by atoms with Gasteiger partial charge in [-0.2, -0.15) is 0 Å². The Morgan fingerprint density at radius 2 is 2.17 bits per heavy atom. The molecule has 0 saturated carbocycles. The fourth-order valence-electron chi connectivity index (χ4n) is 3.23. The van der Waals surface area contributed by atoms with Crippen LogP contribution in [0.4, 0.5) is 11.6 Å². The Morgan fingerprint density at radius 3 is 2.97 bits per heavy atom. The molecule has 1 aliphatic heterocycles. The molecule has 1 aliphatic rings. The molecule has 0 aliphatic carbocycles. The Kier molecular flexibility index (Phi) is 5.76. The van der Waals surface area contributed by atoms with Crippen molar-refractivity contribution in [2.75, 3.05) is 18.5 Å². The van der Waals surface area contributed by atoms with Gasteiger partial charge in [0.2, 0.25) is 5.95 Å². The number of anilines is 2. The van der Waals surface area contributed by atoms with Gasteiger partial charge in [-0.25, -0.2) is 9.97 Å². The minimum absolute atomic E-state index is 0.116. The second-order valence-corrected chi connectivity index (χ2v) is 7.01. The van der Waals surface area contributed by atoms with Gasteiger partial charge >= 0.3 is 0 Å². The van der Waals surface area contributed by atoms with Crippen LogP contribution >= 0.6 is 0 Å². The Bertz CT molecular complexity index is 988. The maximum Gasteiger partial charge on any atom is 0.251 e. The molecule has 2 aromatic heterocycles. The molecule has 1 amide bonds. The molecule has 3 heterocycles. The van der Waals surface area contributed by atoms with Gasteiger partial charge in [-0.1, -0.05) is 6.07 Å². The van der Waals surface area contributed by atoms with Crippen molar-refractivity contribution >= 4 is 17.5 Å². The first-order chi connectivity index (χ1) is 14.2. The molecule has 0 bridgehead atoms. The Hall–Kier alpha value is -3.32. The van der Waals surface area contributed by atoms with Gasteiger partial charge in [0.1, 0.15) is 0 Å². The first-order valence-electron chi connectivity index (χ1n) is 9.70. The van der Waals surface area contributed by atoms with E-state index < -0.39 is 0 Å². The molecule has 2 N–H and O–H groups in total. The molecule has 3 aromatic rings. The first kappa shape index (κ1) is 19.0. The van der Waals surface area contributed by atoms with Crippen molar-refractivity contribution in [3.05, 3.63) is 66.1 Å². The number of hydrogen-bond donors (Lipinski definition) is 2. The van der Waals surface area contributed by atoms with Gasteiger partial charge in [0.25, 0.3) is 5.91 Å². The SMILES string of the molecule is Cc1ccc(C(=O)NCC2CCCO2)cc1Nc1nccc(-c2cccnc2)n1. The van der Waals surface area contributed by atoms with E-state index in [1.54, 1.807) is 18.6 Å². The molecular weight excluding hydrogens is 366 g/mol. The number of carbonyl (C=O) groups excluding carboxylic acids is 1. The van der Waals surface area contributed by atoms with E-state index in [0.717, 1.165) is 42.0 Å². The molecule has 1 unspecified atom stereocenters. The average Bonchev–Trinajstić information content (AvgIpc) is 3.28. The molecule has 4 rings (SSSR count). The highest BCUT2D eigenvalue weighted by molar-refractivity contribution is 5.95. The molecule has 1 atom stereocenters. The fraction of sp³-hybridized carbons (Fsp3) is 0.273. The maximum absolute atomic E-state index is 12.5. The number of nitrogens with zero attached hydrogens (tertiary/aromatic N) is 3. The highest BCUT2D eigenvalue weighted by atomic mass is 16.5. The number of pyridine rings is 1. The van der Waals surface area contributed by atoms with Crippen molar-refractivity contribution in [2.24, 2.45) is 0 Å². The minimum Gasteiger partial charge on any atom is -0.376 e. The molecule has 148 valence electrons. The highest BCUT2D eigenvalue weighted by Crippen LogP contribution is 2.22. The number of aromatic nitrogens is 3. The molecule has 1 fully saturated rings. The van der Waals surface area contributed by atoms with Crippen LogP contribution in [0.25, 0.3) is 11.3 Å². The largest absolute Gasteiger partial charge is 0.376 e. The van der Waals surface area contributed by atoms with Crippen molar-refractivity contribution < 1.29 is 9.53 Å². The molecule has 7 heteroatoms. The quantitative estimate of drug-likeness (QED) is 0.671. The lowest BCUT2D eigenvalue weighted by molar-refractivity contribution is 0.0858. The van der Waals surface area contributed by atoms with Crippen molar-refractivity contribution in [3.8, 4) is 11.3 Å². The molecule has 0 spiro atoms. The number of amides is 1. The summed E-state index contributed by atoms with van der Waals surface area (Å²) in [4.78, 5) is 25.5. The number of carbonyl (C=O) groups is 1. The average molecular weight is 389 g/mol. The standard InChI is InChI=1S/C22H23N5O2/c1-15-6-7-16(21(28)25-14-18-5-3-11-29-18)12-20(15)27-22-24-10-8-19(26-22)17-4-2-9-23-13-17/h2,4,6-10,12-13,18H,3,5,11,14H2,1H3,(H,25,28)(H,24,26,27). The van der Waals surface area contributed by atoms with Gasteiger partial charge in [-0.15, -0.1) is 0 Å². The summed E-state index contributed by atoms with van der Waals surface area (Å²) in [6.07, 6.45) is 7.35. The van der Waals surface area contributed by atoms with Crippen LogP contribution in [0.5, 0.6) is 0 Å². The van der Waals surface area contributed by atoms with Gasteiger partial charge in [0.05, 0.1) is 11.8 Å². The number of benzene rings is 1. The van der Waals surface area contributed by atoms with Crippen LogP contribution in [0.2, 0.25) is 0 Å².